The molecule has 24 heavy (non-hydrogen) atoms. The number of hydrogen-bond donors (Lipinski definition) is 1. The Labute approximate surface area is 140 Å². The van der Waals surface area contributed by atoms with E-state index in [4.69, 9.17) is 4.74 Å². The summed E-state index contributed by atoms with van der Waals surface area (Å²) in [6, 6.07) is 4.53. The molecule has 0 aliphatic heterocycles. The van der Waals surface area contributed by atoms with Gasteiger partial charge in [-0.15, -0.1) is 0 Å². The zero-order chi connectivity index (χ0) is 17.4. The molecule has 1 fully saturated rings. The summed E-state index contributed by atoms with van der Waals surface area (Å²) in [7, 11) is 1.37. The van der Waals surface area contributed by atoms with Crippen LogP contribution in [0.4, 0.5) is 8.78 Å². The largest absolute Gasteiger partial charge is 0.493 e. The Bertz CT molecular complexity index is 569. The van der Waals surface area contributed by atoms with Gasteiger partial charge >= 0.3 is 6.61 Å². The molecule has 1 aliphatic carbocycles. The molecule has 1 saturated carbocycles. The van der Waals surface area contributed by atoms with Crippen molar-refractivity contribution in [3.63, 3.8) is 0 Å². The number of nitrogens with one attached hydrogen (secondary N) is 1. The predicted octanol–water partition coefficient (Wildman–Crippen LogP) is 4.01. The Balaban J connectivity index is 1.89. The molecule has 0 radical (unpaired) electrons. The maximum atomic E-state index is 12.3. The van der Waals surface area contributed by atoms with Crippen LogP contribution in [0.25, 0.3) is 6.08 Å². The average Bonchev–Trinajstić information content (AvgIpc) is 2.59. The molecular weight excluding hydrogens is 316 g/mol. The number of alkyl halides is 2. The summed E-state index contributed by atoms with van der Waals surface area (Å²) in [6.07, 6.45) is 9.17. The van der Waals surface area contributed by atoms with Gasteiger partial charge in [-0.25, -0.2) is 0 Å². The molecule has 6 heteroatoms. The molecule has 0 aromatic heterocycles. The van der Waals surface area contributed by atoms with Crippen LogP contribution in [0.3, 0.4) is 0 Å². The number of benzene rings is 1. The van der Waals surface area contributed by atoms with Gasteiger partial charge in [-0.3, -0.25) is 4.79 Å². The van der Waals surface area contributed by atoms with Gasteiger partial charge < -0.3 is 14.8 Å². The number of carbonyl (C=O) groups is 1. The van der Waals surface area contributed by atoms with Gasteiger partial charge in [0.25, 0.3) is 0 Å². The van der Waals surface area contributed by atoms with Gasteiger partial charge in [-0.2, -0.15) is 8.78 Å². The second kappa shape index (κ2) is 9.25. The molecule has 132 valence electrons. The number of hydrogen-bond acceptors (Lipinski definition) is 3. The monoisotopic (exact) mass is 339 g/mol. The SMILES string of the molecule is COc1cc(/C=C/C(=O)NCC2CCCCC2)ccc1OC(F)F. The van der Waals surface area contributed by atoms with Crippen LogP contribution >= 0.6 is 0 Å². The third kappa shape index (κ3) is 5.83. The molecule has 1 aromatic rings. The highest BCUT2D eigenvalue weighted by atomic mass is 19.3. The lowest BCUT2D eigenvalue weighted by atomic mass is 9.89. The molecule has 0 saturated heterocycles. The lowest BCUT2D eigenvalue weighted by molar-refractivity contribution is -0.116. The minimum absolute atomic E-state index is 0.0357. The van der Waals surface area contributed by atoms with E-state index in [2.05, 4.69) is 10.1 Å². The van der Waals surface area contributed by atoms with Crippen molar-refractivity contribution in [1.82, 2.24) is 5.32 Å². The number of methoxy groups -OCH3 is 1. The van der Waals surface area contributed by atoms with Crippen LogP contribution in [-0.4, -0.2) is 26.2 Å². The standard InChI is InChI=1S/C18H23F2NO3/c1-23-16-11-13(7-9-15(16)24-18(19)20)8-10-17(22)21-12-14-5-3-2-4-6-14/h7-11,14,18H,2-6,12H2,1H3,(H,21,22)/b10-8+. The molecule has 0 heterocycles. The normalized spacial score (nSPS) is 15.7. The molecule has 0 unspecified atom stereocenters. The number of rotatable bonds is 7. The zero-order valence-electron chi connectivity index (χ0n) is 13.8. The first-order valence-electron chi connectivity index (χ1n) is 8.17. The first-order valence-corrected chi connectivity index (χ1v) is 8.17. The average molecular weight is 339 g/mol. The van der Waals surface area contributed by atoms with Gasteiger partial charge in [-0.05, 0) is 42.5 Å². The Morgan fingerprint density at radius 1 is 1.29 bits per heavy atom. The second-order valence-electron chi connectivity index (χ2n) is 5.87. The topological polar surface area (TPSA) is 47.6 Å². The van der Waals surface area contributed by atoms with Crippen LogP contribution in [0, 0.1) is 5.92 Å². The van der Waals surface area contributed by atoms with Crippen molar-refractivity contribution in [2.75, 3.05) is 13.7 Å². The summed E-state index contributed by atoms with van der Waals surface area (Å²) in [5, 5.41) is 2.91. The summed E-state index contributed by atoms with van der Waals surface area (Å²) in [6.45, 7) is -2.21. The molecule has 1 amide bonds. The molecular formula is C18H23F2NO3. The Kier molecular flexibility index (Phi) is 7.03. The van der Waals surface area contributed by atoms with Crippen LogP contribution in [0.2, 0.25) is 0 Å². The van der Waals surface area contributed by atoms with E-state index in [1.54, 1.807) is 18.2 Å². The van der Waals surface area contributed by atoms with Crippen molar-refractivity contribution < 1.29 is 23.0 Å². The molecule has 1 aromatic carbocycles. The van der Waals surface area contributed by atoms with Crippen molar-refractivity contribution >= 4 is 12.0 Å². The highest BCUT2D eigenvalue weighted by Gasteiger charge is 2.13. The quantitative estimate of drug-likeness (QED) is 0.764. The Morgan fingerprint density at radius 2 is 2.04 bits per heavy atom. The summed E-state index contributed by atoms with van der Waals surface area (Å²) in [5.74, 6) is 0.570. The summed E-state index contributed by atoms with van der Waals surface area (Å²) in [4.78, 5) is 11.9. The smallest absolute Gasteiger partial charge is 0.387 e. The number of halogens is 2. The third-order valence-corrected chi connectivity index (χ3v) is 4.12. The van der Waals surface area contributed by atoms with Crippen molar-refractivity contribution in [3.8, 4) is 11.5 Å². The summed E-state index contributed by atoms with van der Waals surface area (Å²) in [5.41, 5.74) is 0.668. The third-order valence-electron chi connectivity index (χ3n) is 4.12. The zero-order valence-corrected chi connectivity index (χ0v) is 13.8. The fourth-order valence-electron chi connectivity index (χ4n) is 2.85. The van der Waals surface area contributed by atoms with Gasteiger partial charge in [0.15, 0.2) is 11.5 Å². The van der Waals surface area contributed by atoms with E-state index in [1.807, 2.05) is 0 Å². The Morgan fingerprint density at radius 3 is 2.71 bits per heavy atom. The fourth-order valence-corrected chi connectivity index (χ4v) is 2.85. The van der Waals surface area contributed by atoms with Gasteiger partial charge in [0, 0.05) is 12.6 Å². The van der Waals surface area contributed by atoms with Gasteiger partial charge in [-0.1, -0.05) is 25.3 Å². The van der Waals surface area contributed by atoms with E-state index in [-0.39, 0.29) is 17.4 Å². The molecule has 0 atom stereocenters. The first kappa shape index (κ1) is 18.2. The summed E-state index contributed by atoms with van der Waals surface area (Å²) >= 11 is 0. The van der Waals surface area contributed by atoms with Crippen LogP contribution in [0.1, 0.15) is 37.7 Å². The number of amides is 1. The van der Waals surface area contributed by atoms with E-state index in [1.165, 1.54) is 51.4 Å². The van der Waals surface area contributed by atoms with Crippen LogP contribution < -0.4 is 14.8 Å². The molecule has 1 N–H and O–H groups in total. The Hall–Kier alpha value is -2.11. The van der Waals surface area contributed by atoms with E-state index >= 15 is 0 Å². The van der Waals surface area contributed by atoms with Crippen LogP contribution in [0.15, 0.2) is 24.3 Å². The number of ether oxygens (including phenoxy) is 2. The maximum absolute atomic E-state index is 12.3. The molecule has 0 bridgehead atoms. The predicted molar refractivity (Wildman–Crippen MR) is 88.2 cm³/mol. The van der Waals surface area contributed by atoms with E-state index < -0.39 is 6.61 Å². The maximum Gasteiger partial charge on any atom is 0.387 e. The lowest BCUT2D eigenvalue weighted by Gasteiger charge is -2.21. The van der Waals surface area contributed by atoms with Crippen LogP contribution in [-0.2, 0) is 4.79 Å². The first-order chi connectivity index (χ1) is 11.6. The van der Waals surface area contributed by atoms with Gasteiger partial charge in [0.05, 0.1) is 7.11 Å². The minimum atomic E-state index is -2.91. The second-order valence-corrected chi connectivity index (χ2v) is 5.87. The molecule has 2 rings (SSSR count). The van der Waals surface area contributed by atoms with Crippen molar-refractivity contribution in [1.29, 1.82) is 0 Å². The van der Waals surface area contributed by atoms with E-state index in [0.29, 0.717) is 18.0 Å². The lowest BCUT2D eigenvalue weighted by Crippen LogP contribution is -2.28. The van der Waals surface area contributed by atoms with Gasteiger partial charge in [0.1, 0.15) is 0 Å². The highest BCUT2D eigenvalue weighted by molar-refractivity contribution is 5.91. The summed E-state index contributed by atoms with van der Waals surface area (Å²) < 4.78 is 34.0. The molecule has 4 nitrogen and oxygen atoms in total. The highest BCUT2D eigenvalue weighted by Crippen LogP contribution is 2.29. The van der Waals surface area contributed by atoms with E-state index in [9.17, 15) is 13.6 Å². The van der Waals surface area contributed by atoms with Gasteiger partial charge in [0.2, 0.25) is 5.91 Å². The number of carbonyl (C=O) groups excluding carboxylic acids is 1. The molecule has 1 aliphatic rings. The van der Waals surface area contributed by atoms with Crippen molar-refractivity contribution in [2.24, 2.45) is 5.92 Å². The van der Waals surface area contributed by atoms with Crippen molar-refractivity contribution in [2.45, 2.75) is 38.7 Å². The van der Waals surface area contributed by atoms with E-state index in [0.717, 1.165) is 0 Å². The fraction of sp³-hybridized carbons (Fsp3) is 0.500. The molecule has 0 spiro atoms. The minimum Gasteiger partial charge on any atom is -0.493 e. The van der Waals surface area contributed by atoms with Crippen molar-refractivity contribution in [3.05, 3.63) is 29.8 Å². The van der Waals surface area contributed by atoms with Crippen LogP contribution in [0.5, 0.6) is 11.5 Å².